The maximum atomic E-state index is 12.5. The van der Waals surface area contributed by atoms with Crippen LogP contribution in [0.2, 0.25) is 0 Å². The maximum Gasteiger partial charge on any atom is 0.389 e. The summed E-state index contributed by atoms with van der Waals surface area (Å²) in [4.78, 5) is 23.3. The number of nitrogens with zero attached hydrogens (tertiary/aromatic N) is 5. The smallest absolute Gasteiger partial charge is 0.303 e. The van der Waals surface area contributed by atoms with Crippen molar-refractivity contribution in [2.45, 2.75) is 70.4 Å². The number of pyridine rings is 1. The number of aromatic nitrogens is 3. The average Bonchev–Trinajstić information content (AvgIpc) is 3.14. The van der Waals surface area contributed by atoms with Crippen LogP contribution >= 0.6 is 0 Å². The normalized spacial score (nSPS) is 21.4. The number of amides is 1. The molecule has 1 amide bonds. The summed E-state index contributed by atoms with van der Waals surface area (Å²) in [6.07, 6.45) is 8.01. The predicted molar refractivity (Wildman–Crippen MR) is 133 cm³/mol. The maximum absolute atomic E-state index is 12.5. The fourth-order valence-corrected chi connectivity index (χ4v) is 5.27. The quantitative estimate of drug-likeness (QED) is 0.488. The molecule has 0 unspecified atom stereocenters. The molecule has 0 atom stereocenters. The Balaban J connectivity index is 1.16. The van der Waals surface area contributed by atoms with E-state index in [9.17, 15) is 18.0 Å². The number of rotatable bonds is 8. The minimum atomic E-state index is -4.14. The van der Waals surface area contributed by atoms with Crippen molar-refractivity contribution in [3.05, 3.63) is 47.0 Å². The van der Waals surface area contributed by atoms with Crippen molar-refractivity contribution >= 4 is 12.1 Å². The van der Waals surface area contributed by atoms with Gasteiger partial charge in [0.25, 0.3) is 0 Å². The van der Waals surface area contributed by atoms with Gasteiger partial charge in [0.1, 0.15) is 0 Å². The van der Waals surface area contributed by atoms with E-state index < -0.39 is 12.6 Å². The van der Waals surface area contributed by atoms with E-state index in [4.69, 9.17) is 0 Å². The Hall–Kier alpha value is -2.55. The van der Waals surface area contributed by atoms with E-state index in [-0.39, 0.29) is 12.3 Å². The molecule has 0 aromatic carbocycles. The van der Waals surface area contributed by atoms with Crippen molar-refractivity contribution in [3.63, 3.8) is 0 Å². The Morgan fingerprint density at radius 2 is 1.94 bits per heavy atom. The van der Waals surface area contributed by atoms with Crippen molar-refractivity contribution in [3.8, 4) is 0 Å². The van der Waals surface area contributed by atoms with Crippen LogP contribution in [-0.4, -0.2) is 57.6 Å². The fourth-order valence-electron chi connectivity index (χ4n) is 5.27. The van der Waals surface area contributed by atoms with Gasteiger partial charge in [0, 0.05) is 56.8 Å². The Labute approximate surface area is 211 Å². The summed E-state index contributed by atoms with van der Waals surface area (Å²) in [5.41, 5.74) is 3.57. The van der Waals surface area contributed by atoms with Crippen LogP contribution in [0, 0.1) is 11.8 Å². The highest BCUT2D eigenvalue weighted by atomic mass is 19.4. The molecule has 0 N–H and O–H groups in total. The SMILES string of the molecule is Cn1cc(CC(=O)/N=C/C2CCC(CCN3CCc4ccc(CCC(F)(F)F)nc4CC3)CC2)cn1. The molecule has 4 rings (SSSR count). The summed E-state index contributed by atoms with van der Waals surface area (Å²) in [7, 11) is 1.83. The Bertz CT molecular complexity index is 1040. The van der Waals surface area contributed by atoms with Gasteiger partial charge in [-0.15, -0.1) is 0 Å². The third-order valence-corrected chi connectivity index (χ3v) is 7.44. The van der Waals surface area contributed by atoms with E-state index in [0.29, 0.717) is 24.0 Å². The molecule has 0 bridgehead atoms. The Morgan fingerprint density at radius 3 is 2.67 bits per heavy atom. The first-order chi connectivity index (χ1) is 17.2. The molecule has 9 heteroatoms. The summed E-state index contributed by atoms with van der Waals surface area (Å²) in [5, 5.41) is 4.08. The number of carbonyl (C=O) groups excluding carboxylic acids is 1. The van der Waals surface area contributed by atoms with E-state index in [1.165, 1.54) is 5.56 Å². The lowest BCUT2D eigenvalue weighted by atomic mass is 9.81. The molecule has 2 aromatic rings. The molecular formula is C27H36F3N5O. The number of carbonyl (C=O) groups is 1. The first kappa shape index (κ1) is 26.5. The van der Waals surface area contributed by atoms with Crippen molar-refractivity contribution in [1.82, 2.24) is 19.7 Å². The molecule has 1 aliphatic heterocycles. The first-order valence-electron chi connectivity index (χ1n) is 13.0. The molecule has 0 spiro atoms. The highest BCUT2D eigenvalue weighted by Crippen LogP contribution is 2.30. The van der Waals surface area contributed by atoms with Gasteiger partial charge in [-0.2, -0.15) is 18.3 Å². The molecule has 196 valence electrons. The lowest BCUT2D eigenvalue weighted by Gasteiger charge is -2.28. The second-order valence-electron chi connectivity index (χ2n) is 10.3. The monoisotopic (exact) mass is 503 g/mol. The van der Waals surface area contributed by atoms with Crippen molar-refractivity contribution in [1.29, 1.82) is 0 Å². The highest BCUT2D eigenvalue weighted by Gasteiger charge is 2.27. The van der Waals surface area contributed by atoms with E-state index in [1.807, 2.05) is 25.5 Å². The largest absolute Gasteiger partial charge is 0.389 e. The molecule has 36 heavy (non-hydrogen) atoms. The van der Waals surface area contributed by atoms with Crippen LogP contribution in [0.3, 0.4) is 0 Å². The molecular weight excluding hydrogens is 467 g/mol. The van der Waals surface area contributed by atoms with Crippen LogP contribution in [0.15, 0.2) is 29.5 Å². The van der Waals surface area contributed by atoms with Crippen LogP contribution in [0.1, 0.15) is 61.0 Å². The van der Waals surface area contributed by atoms with Crippen molar-refractivity contribution < 1.29 is 18.0 Å². The van der Waals surface area contributed by atoms with Gasteiger partial charge in [0.2, 0.25) is 5.91 Å². The van der Waals surface area contributed by atoms with E-state index in [0.717, 1.165) is 75.8 Å². The standard InChI is InChI=1S/C27H36F3N5O/c1-34-19-22(18-32-34)16-26(36)31-17-21-4-2-20(3-5-21)9-13-35-14-10-23-6-7-24(8-12-27(28,29)30)33-25(23)11-15-35/h6-7,17-21H,2-5,8-16H2,1H3/b31-17+. The Morgan fingerprint density at radius 1 is 1.17 bits per heavy atom. The van der Waals surface area contributed by atoms with Gasteiger partial charge in [-0.25, -0.2) is 4.99 Å². The van der Waals surface area contributed by atoms with Crippen LogP contribution in [0.5, 0.6) is 0 Å². The summed E-state index contributed by atoms with van der Waals surface area (Å²) in [6.45, 7) is 2.92. The minimum absolute atomic E-state index is 0.0491. The average molecular weight is 504 g/mol. The summed E-state index contributed by atoms with van der Waals surface area (Å²) in [6, 6.07) is 3.73. The van der Waals surface area contributed by atoms with Crippen LogP contribution in [0.4, 0.5) is 13.2 Å². The van der Waals surface area contributed by atoms with Crippen molar-refractivity contribution in [2.24, 2.45) is 23.9 Å². The molecule has 6 nitrogen and oxygen atoms in total. The molecule has 1 aliphatic carbocycles. The first-order valence-corrected chi connectivity index (χ1v) is 13.0. The van der Waals surface area contributed by atoms with Gasteiger partial charge in [0.15, 0.2) is 0 Å². The third kappa shape index (κ3) is 8.25. The fraction of sp³-hybridized carbons (Fsp3) is 0.630. The van der Waals surface area contributed by atoms with E-state index >= 15 is 0 Å². The third-order valence-electron chi connectivity index (χ3n) is 7.44. The summed E-state index contributed by atoms with van der Waals surface area (Å²) >= 11 is 0. The van der Waals surface area contributed by atoms with Crippen LogP contribution < -0.4 is 0 Å². The number of fused-ring (bicyclic) bond motifs is 1. The van der Waals surface area contributed by atoms with Gasteiger partial charge in [-0.05, 0) is 80.5 Å². The summed E-state index contributed by atoms with van der Waals surface area (Å²) < 4.78 is 39.3. The minimum Gasteiger partial charge on any atom is -0.303 e. The molecule has 2 aliphatic rings. The molecule has 0 radical (unpaired) electrons. The van der Waals surface area contributed by atoms with Gasteiger partial charge in [0.05, 0.1) is 12.6 Å². The topological polar surface area (TPSA) is 63.4 Å². The molecule has 0 saturated heterocycles. The van der Waals surface area contributed by atoms with Gasteiger partial charge < -0.3 is 4.90 Å². The predicted octanol–water partition coefficient (Wildman–Crippen LogP) is 4.75. The van der Waals surface area contributed by atoms with Gasteiger partial charge in [-0.3, -0.25) is 14.5 Å². The van der Waals surface area contributed by atoms with Crippen molar-refractivity contribution in [2.75, 3.05) is 19.6 Å². The number of aliphatic imine (C=N–C) groups is 1. The van der Waals surface area contributed by atoms with Crippen LogP contribution in [-0.2, 0) is 37.5 Å². The lowest BCUT2D eigenvalue weighted by Crippen LogP contribution is -2.29. The number of halogens is 3. The molecule has 2 aromatic heterocycles. The van der Waals surface area contributed by atoms with Gasteiger partial charge >= 0.3 is 6.18 Å². The van der Waals surface area contributed by atoms with E-state index in [2.05, 4.69) is 20.0 Å². The number of aryl methyl sites for hydroxylation is 2. The molecule has 3 heterocycles. The summed E-state index contributed by atoms with van der Waals surface area (Å²) in [5.74, 6) is 0.956. The van der Waals surface area contributed by atoms with Crippen LogP contribution in [0.25, 0.3) is 0 Å². The van der Waals surface area contributed by atoms with E-state index in [1.54, 1.807) is 16.9 Å². The Kier molecular flexibility index (Phi) is 8.93. The zero-order valence-electron chi connectivity index (χ0n) is 21.0. The zero-order chi connectivity index (χ0) is 25.5. The molecule has 1 saturated carbocycles. The number of hydrogen-bond donors (Lipinski definition) is 0. The second-order valence-corrected chi connectivity index (χ2v) is 10.3. The number of alkyl halides is 3. The second kappa shape index (κ2) is 12.1. The highest BCUT2D eigenvalue weighted by molar-refractivity contribution is 5.87. The van der Waals surface area contributed by atoms with Gasteiger partial charge in [-0.1, -0.05) is 6.07 Å². The zero-order valence-corrected chi connectivity index (χ0v) is 21.0. The number of hydrogen-bond acceptors (Lipinski definition) is 4. The lowest BCUT2D eigenvalue weighted by molar-refractivity contribution is -0.134. The molecule has 1 fully saturated rings.